The van der Waals surface area contributed by atoms with Crippen molar-refractivity contribution in [2.45, 2.75) is 26.3 Å². The third-order valence-corrected chi connectivity index (χ3v) is 2.56. The molecule has 1 aromatic carbocycles. The summed E-state index contributed by atoms with van der Waals surface area (Å²) in [6, 6.07) is 5.93. The molecular formula is C12H16FNO. The van der Waals surface area contributed by atoms with E-state index in [0.29, 0.717) is 5.56 Å². The van der Waals surface area contributed by atoms with Crippen LogP contribution in [0.2, 0.25) is 0 Å². The highest BCUT2D eigenvalue weighted by Gasteiger charge is 2.17. The van der Waals surface area contributed by atoms with E-state index in [1.54, 1.807) is 26.0 Å². The number of nitrogens with two attached hydrogens (primary N) is 1. The highest BCUT2D eigenvalue weighted by Crippen LogP contribution is 2.09. The molecule has 1 aromatic rings. The number of benzene rings is 1. The Morgan fingerprint density at radius 3 is 2.67 bits per heavy atom. The first-order valence-corrected chi connectivity index (χ1v) is 5.03. The van der Waals surface area contributed by atoms with Gasteiger partial charge in [-0.05, 0) is 24.6 Å². The number of ketones is 1. The summed E-state index contributed by atoms with van der Waals surface area (Å²) in [6.45, 7) is 3.60. The summed E-state index contributed by atoms with van der Waals surface area (Å²) < 4.78 is 12.8. The number of hydrogen-bond acceptors (Lipinski definition) is 2. The summed E-state index contributed by atoms with van der Waals surface area (Å²) in [5.41, 5.74) is 6.33. The molecule has 0 aliphatic rings. The average Bonchev–Trinajstić information content (AvgIpc) is 2.16. The van der Waals surface area contributed by atoms with E-state index in [1.807, 2.05) is 0 Å². The molecule has 0 fully saturated rings. The first kappa shape index (κ1) is 11.9. The third kappa shape index (κ3) is 3.44. The van der Waals surface area contributed by atoms with Crippen LogP contribution >= 0.6 is 0 Å². The predicted molar refractivity (Wildman–Crippen MR) is 57.9 cm³/mol. The topological polar surface area (TPSA) is 43.1 Å². The first-order chi connectivity index (χ1) is 7.00. The molecule has 0 bridgehead atoms. The third-order valence-electron chi connectivity index (χ3n) is 2.56. The zero-order valence-electron chi connectivity index (χ0n) is 9.03. The van der Waals surface area contributed by atoms with Crippen molar-refractivity contribution in [1.82, 2.24) is 0 Å². The molecule has 3 heteroatoms. The first-order valence-electron chi connectivity index (χ1n) is 5.03. The lowest BCUT2D eigenvalue weighted by molar-refractivity contribution is -0.122. The van der Waals surface area contributed by atoms with Crippen molar-refractivity contribution >= 4 is 5.78 Å². The van der Waals surface area contributed by atoms with E-state index in [0.717, 1.165) is 0 Å². The fraction of sp³-hybridized carbons (Fsp3) is 0.417. The number of halogens is 1. The van der Waals surface area contributed by atoms with Gasteiger partial charge in [-0.3, -0.25) is 4.79 Å². The summed E-state index contributed by atoms with van der Waals surface area (Å²) in [5, 5.41) is 0. The van der Waals surface area contributed by atoms with Crippen LogP contribution in [0.1, 0.15) is 19.4 Å². The van der Waals surface area contributed by atoms with Crippen LogP contribution in [0.5, 0.6) is 0 Å². The Kier molecular flexibility index (Phi) is 3.97. The highest BCUT2D eigenvalue weighted by atomic mass is 19.1. The Hall–Kier alpha value is -1.22. The molecule has 0 aromatic heterocycles. The number of carbonyl (C=O) groups excluding carboxylic acids is 1. The Balaban J connectivity index is 2.66. The monoisotopic (exact) mass is 209 g/mol. The normalized spacial score (nSPS) is 14.7. The molecule has 0 radical (unpaired) electrons. The quantitative estimate of drug-likeness (QED) is 0.823. The highest BCUT2D eigenvalue weighted by molar-refractivity contribution is 5.83. The van der Waals surface area contributed by atoms with Crippen molar-refractivity contribution < 1.29 is 9.18 Å². The van der Waals surface area contributed by atoms with Gasteiger partial charge in [0.15, 0.2) is 0 Å². The lowest BCUT2D eigenvalue weighted by Gasteiger charge is -2.13. The van der Waals surface area contributed by atoms with Gasteiger partial charge in [-0.15, -0.1) is 0 Å². The van der Waals surface area contributed by atoms with Crippen LogP contribution in [-0.2, 0) is 11.2 Å². The van der Waals surface area contributed by atoms with E-state index in [4.69, 9.17) is 5.73 Å². The zero-order valence-corrected chi connectivity index (χ0v) is 9.03. The molecule has 2 nitrogen and oxygen atoms in total. The largest absolute Gasteiger partial charge is 0.327 e. The Labute approximate surface area is 89.3 Å². The molecular weight excluding hydrogens is 193 g/mol. The molecule has 0 heterocycles. The van der Waals surface area contributed by atoms with Crippen LogP contribution in [0, 0.1) is 11.7 Å². The smallest absolute Gasteiger partial charge is 0.141 e. The van der Waals surface area contributed by atoms with Crippen molar-refractivity contribution in [1.29, 1.82) is 0 Å². The van der Waals surface area contributed by atoms with Gasteiger partial charge in [0.2, 0.25) is 0 Å². The van der Waals surface area contributed by atoms with Crippen LogP contribution in [0.25, 0.3) is 0 Å². The van der Waals surface area contributed by atoms with E-state index in [-0.39, 0.29) is 30.0 Å². The van der Waals surface area contributed by atoms with Gasteiger partial charge in [0.05, 0.1) is 0 Å². The number of carbonyl (C=O) groups is 1. The average molecular weight is 209 g/mol. The lowest BCUT2D eigenvalue weighted by Crippen LogP contribution is -2.31. The molecule has 15 heavy (non-hydrogen) atoms. The molecule has 1 rings (SSSR count). The van der Waals surface area contributed by atoms with Crippen molar-refractivity contribution in [3.05, 3.63) is 35.6 Å². The minimum Gasteiger partial charge on any atom is -0.327 e. The summed E-state index contributed by atoms with van der Waals surface area (Å²) >= 11 is 0. The van der Waals surface area contributed by atoms with Gasteiger partial charge in [-0.1, -0.05) is 19.1 Å². The molecule has 0 saturated carbocycles. The van der Waals surface area contributed by atoms with E-state index >= 15 is 0 Å². The van der Waals surface area contributed by atoms with Crippen molar-refractivity contribution in [2.75, 3.05) is 0 Å². The maximum Gasteiger partial charge on any atom is 0.141 e. The summed E-state index contributed by atoms with van der Waals surface area (Å²) in [6.07, 6.45) is 0.250. The SMILES string of the molecule is CC(N)C(C)C(=O)Cc1cccc(F)c1. The minimum absolute atomic E-state index is 0.0515. The molecule has 82 valence electrons. The van der Waals surface area contributed by atoms with Crippen molar-refractivity contribution in [3.63, 3.8) is 0 Å². The van der Waals surface area contributed by atoms with Gasteiger partial charge in [-0.25, -0.2) is 4.39 Å². The molecule has 0 amide bonds. The second-order valence-electron chi connectivity index (χ2n) is 3.92. The summed E-state index contributed by atoms with van der Waals surface area (Å²) in [4.78, 5) is 11.7. The van der Waals surface area contributed by atoms with Crippen molar-refractivity contribution in [2.24, 2.45) is 11.7 Å². The minimum atomic E-state index is -0.311. The van der Waals surface area contributed by atoms with E-state index in [2.05, 4.69) is 0 Å². The standard InChI is InChI=1S/C12H16FNO/c1-8(9(2)14)12(15)7-10-4-3-5-11(13)6-10/h3-6,8-9H,7,14H2,1-2H3. The predicted octanol–water partition coefficient (Wildman–Crippen LogP) is 1.92. The Bertz CT molecular complexity index is 349. The maximum atomic E-state index is 12.8. The van der Waals surface area contributed by atoms with Gasteiger partial charge in [0, 0.05) is 18.4 Å². The number of Topliss-reactive ketones (excluding diaryl/α,β-unsaturated/α-hetero) is 1. The van der Waals surface area contributed by atoms with Gasteiger partial charge < -0.3 is 5.73 Å². The van der Waals surface area contributed by atoms with Gasteiger partial charge >= 0.3 is 0 Å². The molecule has 0 aliphatic carbocycles. The van der Waals surface area contributed by atoms with Gasteiger partial charge in [-0.2, -0.15) is 0 Å². The van der Waals surface area contributed by atoms with E-state index in [1.165, 1.54) is 12.1 Å². The second kappa shape index (κ2) is 5.03. The fourth-order valence-electron chi connectivity index (χ4n) is 1.30. The van der Waals surface area contributed by atoms with Crippen LogP contribution in [0.3, 0.4) is 0 Å². The van der Waals surface area contributed by atoms with Crippen LogP contribution in [-0.4, -0.2) is 11.8 Å². The Morgan fingerprint density at radius 2 is 2.13 bits per heavy atom. The molecule has 2 unspecified atom stereocenters. The van der Waals surface area contributed by atoms with E-state index < -0.39 is 0 Å². The van der Waals surface area contributed by atoms with Crippen LogP contribution in [0.15, 0.2) is 24.3 Å². The summed E-state index contributed by atoms with van der Waals surface area (Å²) in [7, 11) is 0. The maximum absolute atomic E-state index is 12.8. The fourth-order valence-corrected chi connectivity index (χ4v) is 1.30. The molecule has 0 saturated heterocycles. The molecule has 0 aliphatic heterocycles. The second-order valence-corrected chi connectivity index (χ2v) is 3.92. The Morgan fingerprint density at radius 1 is 1.47 bits per heavy atom. The molecule has 2 N–H and O–H groups in total. The molecule has 2 atom stereocenters. The van der Waals surface area contributed by atoms with E-state index in [9.17, 15) is 9.18 Å². The van der Waals surface area contributed by atoms with Crippen LogP contribution < -0.4 is 5.73 Å². The van der Waals surface area contributed by atoms with Gasteiger partial charge in [0.25, 0.3) is 0 Å². The lowest BCUT2D eigenvalue weighted by atomic mass is 9.94. The molecule has 0 spiro atoms. The van der Waals surface area contributed by atoms with Crippen LogP contribution in [0.4, 0.5) is 4.39 Å². The number of hydrogen-bond donors (Lipinski definition) is 1. The summed E-state index contributed by atoms with van der Waals surface area (Å²) in [5.74, 6) is -0.447. The van der Waals surface area contributed by atoms with Crippen molar-refractivity contribution in [3.8, 4) is 0 Å². The van der Waals surface area contributed by atoms with Gasteiger partial charge in [0.1, 0.15) is 11.6 Å². The number of rotatable bonds is 4. The zero-order chi connectivity index (χ0) is 11.4.